The molecule has 154 valence electrons. The van der Waals surface area contributed by atoms with E-state index in [2.05, 4.69) is 12.2 Å². The van der Waals surface area contributed by atoms with Crippen LogP contribution in [0.1, 0.15) is 61.4 Å². The summed E-state index contributed by atoms with van der Waals surface area (Å²) in [5, 5.41) is 3.11. The Bertz CT molecular complexity index is 747. The van der Waals surface area contributed by atoms with Gasteiger partial charge in [-0.2, -0.15) is 0 Å². The van der Waals surface area contributed by atoms with E-state index in [1.807, 2.05) is 13.0 Å². The average Bonchev–Trinajstić information content (AvgIpc) is 3.53. The number of likely N-dealkylation sites (tertiary alicyclic amines) is 1. The molecule has 1 saturated heterocycles. The Kier molecular flexibility index (Phi) is 5.98. The fraction of sp³-hybridized carbons (Fsp3) is 0.636. The highest BCUT2D eigenvalue weighted by molar-refractivity contribution is 6.06. The summed E-state index contributed by atoms with van der Waals surface area (Å²) in [4.78, 5) is 25.9. The predicted octanol–water partition coefficient (Wildman–Crippen LogP) is 3.67. The number of nitrogens with zero attached hydrogens (tertiary/aromatic N) is 1. The van der Waals surface area contributed by atoms with Crippen LogP contribution in [0.4, 0.5) is 5.69 Å². The van der Waals surface area contributed by atoms with Crippen LogP contribution in [0.2, 0.25) is 0 Å². The molecule has 1 aromatic carbocycles. The first kappa shape index (κ1) is 20.6. The van der Waals surface area contributed by atoms with Crippen molar-refractivity contribution in [1.82, 2.24) is 0 Å². The lowest BCUT2D eigenvalue weighted by atomic mass is 10.0. The van der Waals surface area contributed by atoms with Crippen LogP contribution in [0.3, 0.4) is 0 Å². The number of aryl methyl sites for hydroxylation is 1. The Morgan fingerprint density at radius 1 is 1.11 bits per heavy atom. The Hall–Kier alpha value is -2.08. The molecular formula is C22H33N2O4+. The van der Waals surface area contributed by atoms with E-state index in [-0.39, 0.29) is 11.4 Å². The van der Waals surface area contributed by atoms with E-state index in [1.54, 1.807) is 13.2 Å². The van der Waals surface area contributed by atoms with Crippen molar-refractivity contribution in [2.45, 2.75) is 57.9 Å². The van der Waals surface area contributed by atoms with Gasteiger partial charge in [0.15, 0.2) is 5.54 Å². The smallest absolute Gasteiger partial charge is 0.340 e. The second-order valence-electron chi connectivity index (χ2n) is 8.17. The summed E-state index contributed by atoms with van der Waals surface area (Å²) in [6.45, 7) is 7.18. The quantitative estimate of drug-likeness (QED) is 0.596. The fourth-order valence-electron chi connectivity index (χ4n) is 4.92. The average molecular weight is 390 g/mol. The van der Waals surface area contributed by atoms with E-state index in [0.717, 1.165) is 42.5 Å². The van der Waals surface area contributed by atoms with Gasteiger partial charge in [-0.1, -0.05) is 0 Å². The van der Waals surface area contributed by atoms with Gasteiger partial charge in [0, 0.05) is 12.8 Å². The van der Waals surface area contributed by atoms with Crippen LogP contribution in [0.15, 0.2) is 12.1 Å². The number of hydrogen-bond donors (Lipinski definition) is 1. The first-order valence-corrected chi connectivity index (χ1v) is 10.4. The molecule has 3 rings (SSSR count). The number of rotatable bonds is 6. The topological polar surface area (TPSA) is 64.6 Å². The molecule has 6 heteroatoms. The van der Waals surface area contributed by atoms with Gasteiger partial charge in [0.2, 0.25) is 0 Å². The number of esters is 1. The first-order chi connectivity index (χ1) is 13.4. The van der Waals surface area contributed by atoms with Crippen molar-refractivity contribution in [2.75, 3.05) is 39.2 Å². The maximum atomic E-state index is 13.5. The standard InChI is InChI=1S/C22H32N2O4/c1-5-24(12-8-6-7-9-13-24)22(10-11-22)21(26)23-19-16(2)14-17(27-3)15-18(19)20(25)28-4/h14-15H,5-13H2,1-4H3/p+1. The van der Waals surface area contributed by atoms with E-state index in [0.29, 0.717) is 17.0 Å². The maximum Gasteiger partial charge on any atom is 0.340 e. The molecule has 6 nitrogen and oxygen atoms in total. The molecule has 0 radical (unpaired) electrons. The van der Waals surface area contributed by atoms with Gasteiger partial charge in [0.1, 0.15) is 5.75 Å². The Morgan fingerprint density at radius 2 is 1.75 bits per heavy atom. The molecule has 1 amide bonds. The molecule has 1 aliphatic carbocycles. The number of quaternary nitrogens is 1. The summed E-state index contributed by atoms with van der Waals surface area (Å²) in [6.07, 6.45) is 6.68. The van der Waals surface area contributed by atoms with Gasteiger partial charge in [0.05, 0.1) is 45.1 Å². The van der Waals surface area contributed by atoms with Crippen LogP contribution in [-0.2, 0) is 9.53 Å². The van der Waals surface area contributed by atoms with Crippen molar-refractivity contribution in [2.24, 2.45) is 0 Å². The van der Waals surface area contributed by atoms with Crippen molar-refractivity contribution < 1.29 is 23.5 Å². The highest BCUT2D eigenvalue weighted by Crippen LogP contribution is 2.49. The SMILES string of the molecule is CC[N+]1(C2(C(=O)Nc3c(C)cc(OC)cc3C(=O)OC)CC2)CCCCCC1. The zero-order chi connectivity index (χ0) is 20.4. The molecule has 2 aliphatic rings. The largest absolute Gasteiger partial charge is 0.497 e. The van der Waals surface area contributed by atoms with Crippen molar-refractivity contribution in [3.63, 3.8) is 0 Å². The third-order valence-electron chi connectivity index (χ3n) is 6.77. The number of nitrogens with one attached hydrogen (secondary N) is 1. The Labute approximate surface area is 167 Å². The summed E-state index contributed by atoms with van der Waals surface area (Å²) in [5.41, 5.74) is 1.30. The number of ether oxygens (including phenoxy) is 2. The van der Waals surface area contributed by atoms with E-state index in [1.165, 1.54) is 32.8 Å². The summed E-state index contributed by atoms with van der Waals surface area (Å²) in [5.74, 6) is 0.132. The van der Waals surface area contributed by atoms with Gasteiger partial charge in [-0.15, -0.1) is 0 Å². The van der Waals surface area contributed by atoms with Crippen LogP contribution in [0.25, 0.3) is 0 Å². The lowest BCUT2D eigenvalue weighted by Crippen LogP contribution is -2.62. The molecule has 2 fully saturated rings. The molecule has 0 unspecified atom stereocenters. The number of hydrogen-bond acceptors (Lipinski definition) is 4. The Balaban J connectivity index is 1.93. The third kappa shape index (κ3) is 3.50. The van der Waals surface area contributed by atoms with E-state index in [9.17, 15) is 9.59 Å². The zero-order valence-corrected chi connectivity index (χ0v) is 17.6. The van der Waals surface area contributed by atoms with Gasteiger partial charge < -0.3 is 19.3 Å². The molecule has 0 spiro atoms. The van der Waals surface area contributed by atoms with Gasteiger partial charge in [-0.05, 0) is 57.2 Å². The maximum absolute atomic E-state index is 13.5. The number of carbonyl (C=O) groups is 2. The molecule has 1 saturated carbocycles. The van der Waals surface area contributed by atoms with Crippen molar-refractivity contribution in [1.29, 1.82) is 0 Å². The van der Waals surface area contributed by atoms with E-state index < -0.39 is 5.97 Å². The third-order valence-corrected chi connectivity index (χ3v) is 6.77. The predicted molar refractivity (Wildman–Crippen MR) is 109 cm³/mol. The minimum atomic E-state index is -0.476. The lowest BCUT2D eigenvalue weighted by Gasteiger charge is -2.43. The molecule has 0 aromatic heterocycles. The minimum absolute atomic E-state index is 0.0367. The molecule has 1 N–H and O–H groups in total. The van der Waals surface area contributed by atoms with Crippen molar-refractivity contribution >= 4 is 17.6 Å². The monoisotopic (exact) mass is 389 g/mol. The lowest BCUT2D eigenvalue weighted by molar-refractivity contribution is -0.950. The van der Waals surface area contributed by atoms with E-state index >= 15 is 0 Å². The van der Waals surface area contributed by atoms with Gasteiger partial charge in [-0.25, -0.2) is 4.79 Å². The first-order valence-electron chi connectivity index (χ1n) is 10.4. The molecule has 0 bridgehead atoms. The van der Waals surface area contributed by atoms with Crippen LogP contribution < -0.4 is 10.1 Å². The number of anilines is 1. The normalized spacial score (nSPS) is 20.0. The zero-order valence-electron chi connectivity index (χ0n) is 17.6. The molecular weight excluding hydrogens is 356 g/mol. The fourth-order valence-corrected chi connectivity index (χ4v) is 4.92. The van der Waals surface area contributed by atoms with Gasteiger partial charge in [0.25, 0.3) is 5.91 Å². The Morgan fingerprint density at radius 3 is 2.25 bits per heavy atom. The number of amides is 1. The second kappa shape index (κ2) is 8.11. The van der Waals surface area contributed by atoms with Crippen LogP contribution in [0, 0.1) is 6.92 Å². The summed E-state index contributed by atoms with van der Waals surface area (Å²) >= 11 is 0. The van der Waals surface area contributed by atoms with Gasteiger partial charge >= 0.3 is 5.97 Å². The molecule has 1 aliphatic heterocycles. The highest BCUT2D eigenvalue weighted by Gasteiger charge is 2.65. The number of methoxy groups -OCH3 is 2. The summed E-state index contributed by atoms with van der Waals surface area (Å²) in [7, 11) is 2.90. The van der Waals surface area contributed by atoms with Crippen molar-refractivity contribution in [3.05, 3.63) is 23.3 Å². The highest BCUT2D eigenvalue weighted by atomic mass is 16.5. The number of likely N-dealkylation sites (N-methyl/N-ethyl adjacent to an activating group) is 1. The molecule has 1 heterocycles. The van der Waals surface area contributed by atoms with Gasteiger partial charge in [-0.3, -0.25) is 4.79 Å². The number of carbonyl (C=O) groups excluding carboxylic acids is 2. The van der Waals surface area contributed by atoms with Crippen LogP contribution in [0.5, 0.6) is 5.75 Å². The molecule has 28 heavy (non-hydrogen) atoms. The number of benzene rings is 1. The van der Waals surface area contributed by atoms with E-state index in [4.69, 9.17) is 9.47 Å². The second-order valence-corrected chi connectivity index (χ2v) is 8.17. The molecule has 1 aromatic rings. The van der Waals surface area contributed by atoms with Crippen LogP contribution >= 0.6 is 0 Å². The van der Waals surface area contributed by atoms with Crippen molar-refractivity contribution in [3.8, 4) is 5.75 Å². The van der Waals surface area contributed by atoms with Crippen LogP contribution in [-0.4, -0.2) is 55.8 Å². The summed E-state index contributed by atoms with van der Waals surface area (Å²) < 4.78 is 11.1. The minimum Gasteiger partial charge on any atom is -0.497 e. The summed E-state index contributed by atoms with van der Waals surface area (Å²) in [6, 6.07) is 3.46. The molecule has 0 atom stereocenters.